The second-order valence-corrected chi connectivity index (χ2v) is 6.67. The van der Waals surface area contributed by atoms with Gasteiger partial charge in [-0.05, 0) is 37.1 Å². The van der Waals surface area contributed by atoms with Gasteiger partial charge in [-0.2, -0.15) is 0 Å². The molecule has 2 aliphatic carbocycles. The van der Waals surface area contributed by atoms with E-state index in [0.29, 0.717) is 11.7 Å². The van der Waals surface area contributed by atoms with Crippen LogP contribution in [0.4, 0.5) is 0 Å². The predicted octanol–water partition coefficient (Wildman–Crippen LogP) is -5.74. The largest absolute Gasteiger partial charge is 3.00 e. The average molecular weight is 502 g/mol. The molecule has 1 aromatic rings. The zero-order chi connectivity index (χ0) is 17.7. The normalized spacial score (nSPS) is 22.2. The molecule has 4 aliphatic rings. The Labute approximate surface area is 204 Å². The van der Waals surface area contributed by atoms with Crippen molar-refractivity contribution in [2.75, 3.05) is 0 Å². The van der Waals surface area contributed by atoms with E-state index < -0.39 is 0 Å². The van der Waals surface area contributed by atoms with E-state index in [2.05, 4.69) is 38.2 Å². The monoisotopic (exact) mass is 500 g/mol. The topological polar surface area (TPSA) is 62.3 Å². The van der Waals surface area contributed by atoms with Crippen LogP contribution < -0.4 is 37.2 Å². The van der Waals surface area contributed by atoms with Crippen LogP contribution in [-0.2, 0) is 17.1 Å². The Morgan fingerprint density at radius 2 is 1.13 bits per heavy atom. The number of fused-ring (bicyclic) bond motifs is 2. The number of halogens is 3. The van der Waals surface area contributed by atoms with E-state index in [1.165, 1.54) is 0 Å². The number of hydrogen-bond donors (Lipinski definition) is 0. The van der Waals surface area contributed by atoms with E-state index in [-0.39, 0.29) is 66.4 Å². The van der Waals surface area contributed by atoms with Gasteiger partial charge in [0.25, 0.3) is 0 Å². The summed E-state index contributed by atoms with van der Waals surface area (Å²) >= 11 is 0. The van der Waals surface area contributed by atoms with Crippen LogP contribution >= 0.6 is 0 Å². The standard InChI is InChI=1S/C21H17N5.3ClH.Fe/c1-12-6-3-8-14-18(12)25-20(23-14)16-10-5-11-17(22-16)21-24-15-9-4-7-13(2)19(15)26-21;;;;/h3-11,14-15H,1-2H3;3*1H;/q;;;;+3/p-3. The summed E-state index contributed by atoms with van der Waals surface area (Å²) in [5.74, 6) is 1.34. The van der Waals surface area contributed by atoms with Crippen LogP contribution in [0.15, 0.2) is 85.8 Å². The van der Waals surface area contributed by atoms with Crippen molar-refractivity contribution >= 4 is 23.1 Å². The van der Waals surface area contributed by atoms with Gasteiger partial charge in [-0.1, -0.05) is 42.5 Å². The Kier molecular flexibility index (Phi) is 9.15. The molecule has 0 saturated carbocycles. The summed E-state index contributed by atoms with van der Waals surface area (Å²) in [6, 6.07) is 5.85. The Hall–Kier alpha value is -1.82. The number of aliphatic imine (C=N–C) groups is 4. The smallest absolute Gasteiger partial charge is 1.00 e. The third kappa shape index (κ3) is 4.58. The molecule has 0 aromatic carbocycles. The van der Waals surface area contributed by atoms with E-state index in [0.717, 1.165) is 34.0 Å². The number of amidine groups is 2. The predicted molar refractivity (Wildman–Crippen MR) is 106 cm³/mol. The maximum atomic E-state index is 4.74. The van der Waals surface area contributed by atoms with Gasteiger partial charge in [0.1, 0.15) is 23.5 Å². The minimum atomic E-state index is 0. The van der Waals surface area contributed by atoms with Crippen molar-refractivity contribution in [2.45, 2.75) is 25.9 Å². The Bertz CT molecular complexity index is 999. The molecular weight excluding hydrogens is 484 g/mol. The fraction of sp³-hybridized carbons (Fsp3) is 0.190. The molecule has 0 bridgehead atoms. The molecule has 155 valence electrons. The molecule has 1 aromatic heterocycles. The maximum absolute atomic E-state index is 4.74. The minimum Gasteiger partial charge on any atom is -1.00 e. The molecule has 3 heterocycles. The summed E-state index contributed by atoms with van der Waals surface area (Å²) in [6.07, 6.45) is 12.3. The van der Waals surface area contributed by atoms with Crippen molar-refractivity contribution in [1.82, 2.24) is 4.98 Å². The SMILES string of the molecule is CC1=CC=CC2N=C(c3cccc(C4=NC5C=CC=C(C)C5=N4)n3)N=C12.[Cl-].[Cl-].[Cl-].[Fe+3]. The van der Waals surface area contributed by atoms with Crippen molar-refractivity contribution in [3.63, 3.8) is 0 Å². The van der Waals surface area contributed by atoms with Crippen LogP contribution in [0.3, 0.4) is 0 Å². The molecule has 2 aliphatic heterocycles. The van der Waals surface area contributed by atoms with E-state index in [4.69, 9.17) is 25.0 Å². The first-order valence-corrected chi connectivity index (χ1v) is 8.70. The van der Waals surface area contributed by atoms with Gasteiger partial charge in [0.05, 0.1) is 11.4 Å². The number of aromatic nitrogens is 1. The Morgan fingerprint density at radius 1 is 0.700 bits per heavy atom. The van der Waals surface area contributed by atoms with Gasteiger partial charge < -0.3 is 37.2 Å². The molecule has 2 atom stereocenters. The third-order valence-electron chi connectivity index (χ3n) is 4.83. The van der Waals surface area contributed by atoms with Gasteiger partial charge in [0, 0.05) is 0 Å². The number of pyridine rings is 1. The molecule has 0 amide bonds. The number of rotatable bonds is 2. The molecule has 5 rings (SSSR count). The average Bonchev–Trinajstić information content (AvgIpc) is 3.28. The maximum Gasteiger partial charge on any atom is 3.00 e. The summed E-state index contributed by atoms with van der Waals surface area (Å²) in [7, 11) is 0. The van der Waals surface area contributed by atoms with Gasteiger partial charge in [0.15, 0.2) is 11.7 Å². The van der Waals surface area contributed by atoms with Crippen molar-refractivity contribution in [3.05, 3.63) is 77.2 Å². The minimum absolute atomic E-state index is 0. The van der Waals surface area contributed by atoms with Crippen molar-refractivity contribution in [3.8, 4) is 0 Å². The fourth-order valence-corrected chi connectivity index (χ4v) is 3.43. The summed E-state index contributed by atoms with van der Waals surface area (Å²) in [6.45, 7) is 4.12. The molecular formula is C21H17Cl3FeN5. The van der Waals surface area contributed by atoms with Crippen LogP contribution in [0.1, 0.15) is 25.2 Å². The first-order chi connectivity index (χ1) is 12.7. The van der Waals surface area contributed by atoms with Gasteiger partial charge >= 0.3 is 17.1 Å². The molecule has 0 saturated heterocycles. The summed E-state index contributed by atoms with van der Waals surface area (Å²) in [5, 5.41) is 0. The first-order valence-electron chi connectivity index (χ1n) is 8.70. The van der Waals surface area contributed by atoms with Crippen molar-refractivity contribution < 1.29 is 54.3 Å². The molecule has 5 nitrogen and oxygen atoms in total. The molecule has 0 spiro atoms. The van der Waals surface area contributed by atoms with Crippen molar-refractivity contribution in [1.29, 1.82) is 0 Å². The second kappa shape index (κ2) is 10.5. The van der Waals surface area contributed by atoms with E-state index in [9.17, 15) is 0 Å². The van der Waals surface area contributed by atoms with Crippen LogP contribution in [-0.4, -0.2) is 40.2 Å². The van der Waals surface area contributed by atoms with E-state index in [1.54, 1.807) is 0 Å². The molecule has 30 heavy (non-hydrogen) atoms. The Morgan fingerprint density at radius 3 is 1.53 bits per heavy atom. The van der Waals surface area contributed by atoms with Crippen LogP contribution in [0.5, 0.6) is 0 Å². The molecule has 0 fully saturated rings. The third-order valence-corrected chi connectivity index (χ3v) is 4.83. The quantitative estimate of drug-likeness (QED) is 0.373. The number of allylic oxidation sites excluding steroid dienone is 4. The second-order valence-electron chi connectivity index (χ2n) is 6.67. The van der Waals surface area contributed by atoms with E-state index in [1.807, 2.05) is 30.4 Å². The van der Waals surface area contributed by atoms with Gasteiger partial charge in [0.2, 0.25) is 0 Å². The van der Waals surface area contributed by atoms with Crippen LogP contribution in [0.25, 0.3) is 0 Å². The zero-order valence-electron chi connectivity index (χ0n) is 16.1. The van der Waals surface area contributed by atoms with Crippen LogP contribution in [0.2, 0.25) is 0 Å². The molecule has 1 radical (unpaired) electrons. The molecule has 2 unspecified atom stereocenters. The van der Waals surface area contributed by atoms with Crippen LogP contribution in [0, 0.1) is 0 Å². The molecule has 0 N–H and O–H groups in total. The fourth-order valence-electron chi connectivity index (χ4n) is 3.43. The van der Waals surface area contributed by atoms with Gasteiger partial charge in [-0.25, -0.2) is 15.0 Å². The van der Waals surface area contributed by atoms with Gasteiger partial charge in [-0.15, -0.1) is 0 Å². The summed E-state index contributed by atoms with van der Waals surface area (Å²) < 4.78 is 0. The van der Waals surface area contributed by atoms with Crippen molar-refractivity contribution in [2.24, 2.45) is 20.0 Å². The first kappa shape index (κ1) is 26.2. The summed E-state index contributed by atoms with van der Waals surface area (Å²) in [5.41, 5.74) is 5.82. The number of hydrogen-bond acceptors (Lipinski definition) is 5. The Balaban J connectivity index is 0.00000112. The van der Waals surface area contributed by atoms with Gasteiger partial charge in [-0.3, -0.25) is 9.98 Å². The van der Waals surface area contributed by atoms with E-state index >= 15 is 0 Å². The molecule has 9 heteroatoms. The summed E-state index contributed by atoms with van der Waals surface area (Å²) in [4.78, 5) is 23.6. The zero-order valence-corrected chi connectivity index (χ0v) is 19.4. The number of nitrogens with zero attached hydrogens (tertiary/aromatic N) is 5.